The van der Waals surface area contributed by atoms with E-state index < -0.39 is 0 Å². The number of rotatable bonds is 7. The standard InChI is InChI=1S/C20H29N5O/c1-4-17-7-5-6-15(2)19(17)24-20-22-16(3)14-18(23-20)21-8-9-25-10-12-26-13-11-25/h5-7,14H,4,8-13H2,1-3H3,(H2,21,22,23,24). The van der Waals surface area contributed by atoms with Crippen LogP contribution in [0.2, 0.25) is 0 Å². The molecule has 26 heavy (non-hydrogen) atoms. The van der Waals surface area contributed by atoms with Crippen molar-refractivity contribution in [2.45, 2.75) is 27.2 Å². The van der Waals surface area contributed by atoms with E-state index in [-0.39, 0.29) is 0 Å². The fourth-order valence-corrected chi connectivity index (χ4v) is 3.20. The van der Waals surface area contributed by atoms with Crippen molar-refractivity contribution in [3.8, 4) is 0 Å². The largest absolute Gasteiger partial charge is 0.379 e. The third kappa shape index (κ3) is 4.93. The van der Waals surface area contributed by atoms with Gasteiger partial charge in [-0.1, -0.05) is 25.1 Å². The van der Waals surface area contributed by atoms with Gasteiger partial charge in [-0.05, 0) is 31.4 Å². The number of morpholine rings is 1. The van der Waals surface area contributed by atoms with Crippen molar-refractivity contribution in [2.24, 2.45) is 0 Å². The number of para-hydroxylation sites is 1. The molecular formula is C20H29N5O. The van der Waals surface area contributed by atoms with Crippen LogP contribution in [-0.4, -0.2) is 54.3 Å². The van der Waals surface area contributed by atoms with Crippen LogP contribution < -0.4 is 10.6 Å². The molecule has 1 aromatic carbocycles. The smallest absolute Gasteiger partial charge is 0.229 e. The number of aryl methyl sites for hydroxylation is 3. The first kappa shape index (κ1) is 18.6. The zero-order valence-electron chi connectivity index (χ0n) is 16.0. The highest BCUT2D eigenvalue weighted by Gasteiger charge is 2.11. The van der Waals surface area contributed by atoms with Gasteiger partial charge in [-0.2, -0.15) is 4.98 Å². The van der Waals surface area contributed by atoms with Crippen LogP contribution in [0.5, 0.6) is 0 Å². The Kier molecular flexibility index (Phi) is 6.41. The molecule has 6 nitrogen and oxygen atoms in total. The topological polar surface area (TPSA) is 62.3 Å². The predicted octanol–water partition coefficient (Wildman–Crippen LogP) is 3.14. The first-order valence-electron chi connectivity index (χ1n) is 9.41. The first-order chi connectivity index (χ1) is 12.7. The van der Waals surface area contributed by atoms with Crippen LogP contribution in [-0.2, 0) is 11.2 Å². The van der Waals surface area contributed by atoms with E-state index in [4.69, 9.17) is 4.74 Å². The van der Waals surface area contributed by atoms with E-state index in [1.54, 1.807) is 0 Å². The van der Waals surface area contributed by atoms with Gasteiger partial charge in [-0.15, -0.1) is 0 Å². The van der Waals surface area contributed by atoms with E-state index in [9.17, 15) is 0 Å². The highest BCUT2D eigenvalue weighted by molar-refractivity contribution is 5.64. The average Bonchev–Trinajstić information content (AvgIpc) is 2.64. The van der Waals surface area contributed by atoms with E-state index in [2.05, 4.69) is 57.5 Å². The Morgan fingerprint density at radius 1 is 1.15 bits per heavy atom. The average molecular weight is 355 g/mol. The maximum atomic E-state index is 5.39. The zero-order chi connectivity index (χ0) is 18.4. The summed E-state index contributed by atoms with van der Waals surface area (Å²) in [6.45, 7) is 11.8. The van der Waals surface area contributed by atoms with Crippen molar-refractivity contribution in [1.82, 2.24) is 14.9 Å². The van der Waals surface area contributed by atoms with Crippen LogP contribution >= 0.6 is 0 Å². The summed E-state index contributed by atoms with van der Waals surface area (Å²) < 4.78 is 5.39. The summed E-state index contributed by atoms with van der Waals surface area (Å²) in [5.74, 6) is 1.50. The maximum absolute atomic E-state index is 5.39. The van der Waals surface area contributed by atoms with Crippen LogP contribution in [0.3, 0.4) is 0 Å². The first-order valence-corrected chi connectivity index (χ1v) is 9.41. The Balaban J connectivity index is 1.66. The van der Waals surface area contributed by atoms with Gasteiger partial charge in [-0.3, -0.25) is 4.90 Å². The molecule has 0 atom stereocenters. The number of anilines is 3. The molecule has 0 amide bonds. The highest BCUT2D eigenvalue weighted by atomic mass is 16.5. The van der Waals surface area contributed by atoms with Crippen molar-refractivity contribution in [2.75, 3.05) is 50.0 Å². The van der Waals surface area contributed by atoms with Crippen LogP contribution in [0.25, 0.3) is 0 Å². The van der Waals surface area contributed by atoms with Gasteiger partial charge in [0.05, 0.1) is 13.2 Å². The predicted molar refractivity (Wildman–Crippen MR) is 106 cm³/mol. The lowest BCUT2D eigenvalue weighted by Gasteiger charge is -2.26. The van der Waals surface area contributed by atoms with Gasteiger partial charge in [-0.25, -0.2) is 4.98 Å². The van der Waals surface area contributed by atoms with E-state index in [1.165, 1.54) is 11.1 Å². The lowest BCUT2D eigenvalue weighted by Crippen LogP contribution is -2.39. The monoisotopic (exact) mass is 355 g/mol. The molecule has 1 aliphatic heterocycles. The Morgan fingerprint density at radius 3 is 2.73 bits per heavy atom. The van der Waals surface area contributed by atoms with Crippen LogP contribution in [0.1, 0.15) is 23.7 Å². The molecule has 0 aliphatic carbocycles. The lowest BCUT2D eigenvalue weighted by atomic mass is 10.1. The van der Waals surface area contributed by atoms with Crippen molar-refractivity contribution in [3.05, 3.63) is 41.1 Å². The third-order valence-corrected chi connectivity index (χ3v) is 4.67. The van der Waals surface area contributed by atoms with E-state index >= 15 is 0 Å². The molecule has 140 valence electrons. The number of benzene rings is 1. The lowest BCUT2D eigenvalue weighted by molar-refractivity contribution is 0.0398. The molecule has 0 unspecified atom stereocenters. The number of aromatic nitrogens is 2. The summed E-state index contributed by atoms with van der Waals surface area (Å²) in [6.07, 6.45) is 0.973. The van der Waals surface area contributed by atoms with Gasteiger partial charge in [0.2, 0.25) is 5.95 Å². The SMILES string of the molecule is CCc1cccc(C)c1Nc1nc(C)cc(NCCN2CCOCC2)n1. The maximum Gasteiger partial charge on any atom is 0.229 e. The van der Waals surface area contributed by atoms with Crippen molar-refractivity contribution < 1.29 is 4.74 Å². The minimum absolute atomic E-state index is 0.642. The number of nitrogens with one attached hydrogen (secondary N) is 2. The third-order valence-electron chi connectivity index (χ3n) is 4.67. The minimum atomic E-state index is 0.642. The fourth-order valence-electron chi connectivity index (χ4n) is 3.20. The Morgan fingerprint density at radius 2 is 1.96 bits per heavy atom. The van der Waals surface area contributed by atoms with E-state index in [0.29, 0.717) is 5.95 Å². The van der Waals surface area contributed by atoms with E-state index in [1.807, 2.05) is 13.0 Å². The molecule has 1 aliphatic rings. The summed E-state index contributed by atoms with van der Waals surface area (Å²) in [5.41, 5.74) is 4.54. The molecule has 2 aromatic rings. The summed E-state index contributed by atoms with van der Waals surface area (Å²) in [5, 5.41) is 6.85. The minimum Gasteiger partial charge on any atom is -0.379 e. The summed E-state index contributed by atoms with van der Waals surface area (Å²) in [7, 11) is 0. The van der Waals surface area contributed by atoms with Gasteiger partial charge >= 0.3 is 0 Å². The molecule has 0 radical (unpaired) electrons. The van der Waals surface area contributed by atoms with Crippen LogP contribution in [0.4, 0.5) is 17.5 Å². The zero-order valence-corrected chi connectivity index (χ0v) is 16.0. The summed E-state index contributed by atoms with van der Waals surface area (Å²) in [6, 6.07) is 8.34. The molecule has 1 fully saturated rings. The molecule has 3 rings (SSSR count). The van der Waals surface area contributed by atoms with Crippen molar-refractivity contribution in [3.63, 3.8) is 0 Å². The fraction of sp³-hybridized carbons (Fsp3) is 0.500. The Hall–Kier alpha value is -2.18. The Bertz CT molecular complexity index is 728. The van der Waals surface area contributed by atoms with Crippen molar-refractivity contribution in [1.29, 1.82) is 0 Å². The molecule has 0 bridgehead atoms. The van der Waals surface area contributed by atoms with Crippen LogP contribution in [0, 0.1) is 13.8 Å². The molecule has 2 N–H and O–H groups in total. The normalized spacial score (nSPS) is 15.0. The number of hydrogen-bond donors (Lipinski definition) is 2. The summed E-state index contributed by atoms with van der Waals surface area (Å²) in [4.78, 5) is 11.6. The van der Waals surface area contributed by atoms with Gasteiger partial charge in [0.15, 0.2) is 0 Å². The second kappa shape index (κ2) is 8.96. The van der Waals surface area contributed by atoms with Gasteiger partial charge in [0, 0.05) is 43.6 Å². The second-order valence-electron chi connectivity index (χ2n) is 6.69. The molecule has 1 saturated heterocycles. The molecule has 0 saturated carbocycles. The summed E-state index contributed by atoms with van der Waals surface area (Å²) >= 11 is 0. The number of hydrogen-bond acceptors (Lipinski definition) is 6. The van der Waals surface area contributed by atoms with Crippen LogP contribution in [0.15, 0.2) is 24.3 Å². The quantitative estimate of drug-likeness (QED) is 0.796. The molecule has 2 heterocycles. The number of ether oxygens (including phenoxy) is 1. The van der Waals surface area contributed by atoms with E-state index in [0.717, 1.165) is 63.0 Å². The molecular weight excluding hydrogens is 326 g/mol. The van der Waals surface area contributed by atoms with Crippen molar-refractivity contribution >= 4 is 17.5 Å². The van der Waals surface area contributed by atoms with Gasteiger partial charge in [0.1, 0.15) is 5.82 Å². The Labute approximate surface area is 156 Å². The molecule has 0 spiro atoms. The number of nitrogens with zero attached hydrogens (tertiary/aromatic N) is 3. The van der Waals surface area contributed by atoms with Gasteiger partial charge in [0.25, 0.3) is 0 Å². The van der Waals surface area contributed by atoms with Gasteiger partial charge < -0.3 is 15.4 Å². The highest BCUT2D eigenvalue weighted by Crippen LogP contribution is 2.24. The molecule has 6 heteroatoms. The molecule has 1 aromatic heterocycles. The second-order valence-corrected chi connectivity index (χ2v) is 6.69.